The Balaban J connectivity index is 2.31. The third-order valence-electron chi connectivity index (χ3n) is 4.05. The van der Waals surface area contributed by atoms with Crippen LogP contribution in [0.15, 0.2) is 0 Å². The standard InChI is InChI=1S/C15H32N2O/c1-5-9-15(4,18)12-16-14-7-6-10-17(11-8-14)13(2)3/h13-14,16,18H,5-12H2,1-4H3. The van der Waals surface area contributed by atoms with Gasteiger partial charge in [-0.2, -0.15) is 0 Å². The molecule has 0 spiro atoms. The zero-order chi connectivity index (χ0) is 13.6. The molecule has 1 aliphatic heterocycles. The molecule has 1 fully saturated rings. The highest BCUT2D eigenvalue weighted by Gasteiger charge is 2.23. The lowest BCUT2D eigenvalue weighted by molar-refractivity contribution is 0.0465. The van der Waals surface area contributed by atoms with E-state index >= 15 is 0 Å². The van der Waals surface area contributed by atoms with Crippen molar-refractivity contribution < 1.29 is 5.11 Å². The van der Waals surface area contributed by atoms with Crippen molar-refractivity contribution in [2.75, 3.05) is 19.6 Å². The van der Waals surface area contributed by atoms with Crippen LogP contribution in [-0.2, 0) is 0 Å². The van der Waals surface area contributed by atoms with E-state index in [4.69, 9.17) is 0 Å². The second kappa shape index (κ2) is 7.46. The maximum atomic E-state index is 10.2. The molecule has 0 aliphatic carbocycles. The van der Waals surface area contributed by atoms with Gasteiger partial charge in [-0.05, 0) is 59.5 Å². The first-order chi connectivity index (χ1) is 8.44. The first kappa shape index (κ1) is 15.9. The third-order valence-corrected chi connectivity index (χ3v) is 4.05. The molecular weight excluding hydrogens is 224 g/mol. The summed E-state index contributed by atoms with van der Waals surface area (Å²) in [6, 6.07) is 1.24. The molecule has 0 radical (unpaired) electrons. The van der Waals surface area contributed by atoms with E-state index in [2.05, 4.69) is 31.0 Å². The zero-order valence-corrected chi connectivity index (χ0v) is 12.7. The molecule has 0 bridgehead atoms. The van der Waals surface area contributed by atoms with Crippen LogP contribution >= 0.6 is 0 Å². The van der Waals surface area contributed by atoms with E-state index in [1.54, 1.807) is 0 Å². The van der Waals surface area contributed by atoms with E-state index in [-0.39, 0.29) is 0 Å². The van der Waals surface area contributed by atoms with Crippen molar-refractivity contribution in [3.05, 3.63) is 0 Å². The Morgan fingerprint density at radius 2 is 2.06 bits per heavy atom. The summed E-state index contributed by atoms with van der Waals surface area (Å²) in [5.41, 5.74) is -0.543. The van der Waals surface area contributed by atoms with Gasteiger partial charge in [0, 0.05) is 18.6 Å². The Bertz CT molecular complexity index is 229. The average molecular weight is 256 g/mol. The normalized spacial score (nSPS) is 26.0. The topological polar surface area (TPSA) is 35.5 Å². The van der Waals surface area contributed by atoms with Gasteiger partial charge in [-0.3, -0.25) is 0 Å². The molecule has 1 rings (SSSR count). The van der Waals surface area contributed by atoms with Gasteiger partial charge in [-0.25, -0.2) is 0 Å². The molecule has 2 N–H and O–H groups in total. The molecule has 0 aromatic heterocycles. The van der Waals surface area contributed by atoms with Crippen molar-refractivity contribution in [3.63, 3.8) is 0 Å². The molecule has 0 amide bonds. The minimum absolute atomic E-state index is 0.543. The van der Waals surface area contributed by atoms with E-state index in [0.29, 0.717) is 12.1 Å². The summed E-state index contributed by atoms with van der Waals surface area (Å²) < 4.78 is 0. The second-order valence-electron chi connectivity index (χ2n) is 6.39. The van der Waals surface area contributed by atoms with Crippen LogP contribution in [0.4, 0.5) is 0 Å². The first-order valence-corrected chi connectivity index (χ1v) is 7.64. The maximum absolute atomic E-state index is 10.2. The summed E-state index contributed by atoms with van der Waals surface area (Å²) in [5.74, 6) is 0. The summed E-state index contributed by atoms with van der Waals surface area (Å²) in [4.78, 5) is 2.56. The van der Waals surface area contributed by atoms with Crippen LogP contribution in [0.25, 0.3) is 0 Å². The first-order valence-electron chi connectivity index (χ1n) is 7.64. The minimum Gasteiger partial charge on any atom is -0.389 e. The lowest BCUT2D eigenvalue weighted by Crippen LogP contribution is -2.43. The van der Waals surface area contributed by atoms with Crippen molar-refractivity contribution in [2.24, 2.45) is 0 Å². The van der Waals surface area contributed by atoms with Crippen molar-refractivity contribution in [3.8, 4) is 0 Å². The lowest BCUT2D eigenvalue weighted by atomic mass is 9.99. The van der Waals surface area contributed by atoms with Crippen molar-refractivity contribution in [2.45, 2.75) is 77.5 Å². The smallest absolute Gasteiger partial charge is 0.0743 e. The highest BCUT2D eigenvalue weighted by Crippen LogP contribution is 2.15. The van der Waals surface area contributed by atoms with E-state index in [1.165, 1.54) is 32.4 Å². The third kappa shape index (κ3) is 5.68. The largest absolute Gasteiger partial charge is 0.389 e. The fourth-order valence-electron chi connectivity index (χ4n) is 2.83. The molecule has 1 heterocycles. The van der Waals surface area contributed by atoms with E-state index in [1.807, 2.05) is 6.92 Å². The van der Waals surface area contributed by atoms with Crippen LogP contribution in [0.1, 0.15) is 59.8 Å². The highest BCUT2D eigenvalue weighted by molar-refractivity contribution is 4.81. The van der Waals surface area contributed by atoms with E-state index in [9.17, 15) is 5.11 Å². The van der Waals surface area contributed by atoms with Crippen LogP contribution < -0.4 is 5.32 Å². The van der Waals surface area contributed by atoms with Gasteiger partial charge in [-0.15, -0.1) is 0 Å². The predicted molar refractivity (Wildman–Crippen MR) is 77.9 cm³/mol. The van der Waals surface area contributed by atoms with Crippen LogP contribution in [0.5, 0.6) is 0 Å². The molecule has 1 aliphatic rings. The van der Waals surface area contributed by atoms with Crippen LogP contribution in [0.2, 0.25) is 0 Å². The lowest BCUT2D eigenvalue weighted by Gasteiger charge is -2.27. The van der Waals surface area contributed by atoms with Gasteiger partial charge in [-0.1, -0.05) is 13.3 Å². The number of likely N-dealkylation sites (tertiary alicyclic amines) is 1. The van der Waals surface area contributed by atoms with Crippen molar-refractivity contribution >= 4 is 0 Å². The predicted octanol–water partition coefficient (Wildman–Crippen LogP) is 2.39. The van der Waals surface area contributed by atoms with Gasteiger partial charge in [0.25, 0.3) is 0 Å². The molecule has 3 nitrogen and oxygen atoms in total. The Hall–Kier alpha value is -0.120. The van der Waals surface area contributed by atoms with E-state index < -0.39 is 5.60 Å². The highest BCUT2D eigenvalue weighted by atomic mass is 16.3. The molecule has 2 unspecified atom stereocenters. The van der Waals surface area contributed by atoms with Gasteiger partial charge in [0.15, 0.2) is 0 Å². The molecule has 3 heteroatoms. The van der Waals surface area contributed by atoms with Gasteiger partial charge in [0.1, 0.15) is 0 Å². The summed E-state index contributed by atoms with van der Waals surface area (Å²) >= 11 is 0. The number of nitrogens with one attached hydrogen (secondary N) is 1. The molecule has 1 saturated heterocycles. The van der Waals surface area contributed by atoms with Crippen LogP contribution in [-0.4, -0.2) is 47.3 Å². The Kier molecular flexibility index (Phi) is 6.61. The second-order valence-corrected chi connectivity index (χ2v) is 6.39. The van der Waals surface area contributed by atoms with Crippen LogP contribution in [0.3, 0.4) is 0 Å². The number of rotatable bonds is 6. The van der Waals surface area contributed by atoms with Gasteiger partial charge >= 0.3 is 0 Å². The average Bonchev–Trinajstić information content (AvgIpc) is 2.51. The molecular formula is C15H32N2O. The van der Waals surface area contributed by atoms with E-state index in [0.717, 1.165) is 19.4 Å². The number of aliphatic hydroxyl groups is 1. The van der Waals surface area contributed by atoms with Crippen molar-refractivity contribution in [1.29, 1.82) is 0 Å². The Labute approximate surface area is 113 Å². The molecule has 0 aromatic rings. The van der Waals surface area contributed by atoms with Gasteiger partial charge in [0.05, 0.1) is 5.60 Å². The summed E-state index contributed by atoms with van der Waals surface area (Å²) in [6.45, 7) is 11.8. The van der Waals surface area contributed by atoms with Crippen molar-refractivity contribution in [1.82, 2.24) is 10.2 Å². The van der Waals surface area contributed by atoms with Crippen LogP contribution in [0, 0.1) is 0 Å². The summed E-state index contributed by atoms with van der Waals surface area (Å²) in [5, 5.41) is 13.8. The number of hydrogen-bond donors (Lipinski definition) is 2. The number of nitrogens with zero attached hydrogens (tertiary/aromatic N) is 1. The fourth-order valence-corrected chi connectivity index (χ4v) is 2.83. The molecule has 18 heavy (non-hydrogen) atoms. The fraction of sp³-hybridized carbons (Fsp3) is 1.00. The number of hydrogen-bond acceptors (Lipinski definition) is 3. The molecule has 0 saturated carbocycles. The Morgan fingerprint density at radius 1 is 1.33 bits per heavy atom. The monoisotopic (exact) mass is 256 g/mol. The minimum atomic E-state index is -0.543. The summed E-state index contributed by atoms with van der Waals surface area (Å²) in [6.07, 6.45) is 5.64. The Morgan fingerprint density at radius 3 is 2.67 bits per heavy atom. The van der Waals surface area contributed by atoms with Gasteiger partial charge < -0.3 is 15.3 Å². The SMILES string of the molecule is CCCC(C)(O)CNC1CCCN(C(C)C)CC1. The maximum Gasteiger partial charge on any atom is 0.0743 e. The molecule has 2 atom stereocenters. The molecule has 108 valence electrons. The zero-order valence-electron chi connectivity index (χ0n) is 12.7. The molecule has 0 aromatic carbocycles. The van der Waals surface area contributed by atoms with Gasteiger partial charge in [0.2, 0.25) is 0 Å². The summed E-state index contributed by atoms with van der Waals surface area (Å²) in [7, 11) is 0. The quantitative estimate of drug-likeness (QED) is 0.766.